The standard InChI is InChI=1S/C14H16N2O2S/c17-14(15-8-12-2-1-6-18-12)10-16-5-3-13-11(9-16)4-7-19-13/h1-2,4,6-7H,3,5,8-10H2,(H,15,17). The number of rotatable bonds is 4. The van der Waals surface area contributed by atoms with Crippen LogP contribution in [0.2, 0.25) is 0 Å². The van der Waals surface area contributed by atoms with Gasteiger partial charge < -0.3 is 9.73 Å². The Bertz CT molecular complexity index is 548. The summed E-state index contributed by atoms with van der Waals surface area (Å²) in [6.07, 6.45) is 2.67. The van der Waals surface area contributed by atoms with Gasteiger partial charge in [-0.25, -0.2) is 0 Å². The number of furan rings is 1. The second kappa shape index (κ2) is 5.59. The van der Waals surface area contributed by atoms with Gasteiger partial charge in [-0.05, 0) is 35.6 Å². The molecule has 0 saturated carbocycles. The normalized spacial score (nSPS) is 15.2. The first-order chi connectivity index (χ1) is 9.31. The molecule has 1 amide bonds. The first kappa shape index (κ1) is 12.4. The van der Waals surface area contributed by atoms with Crippen LogP contribution < -0.4 is 5.32 Å². The molecule has 2 aromatic heterocycles. The van der Waals surface area contributed by atoms with Crippen molar-refractivity contribution < 1.29 is 9.21 Å². The number of thiophene rings is 1. The maximum absolute atomic E-state index is 11.9. The van der Waals surface area contributed by atoms with E-state index in [1.54, 1.807) is 6.26 Å². The Morgan fingerprint density at radius 1 is 1.47 bits per heavy atom. The molecule has 0 aromatic carbocycles. The molecule has 0 bridgehead atoms. The molecule has 0 saturated heterocycles. The summed E-state index contributed by atoms with van der Waals surface area (Å²) >= 11 is 1.82. The van der Waals surface area contributed by atoms with E-state index in [0.717, 1.165) is 25.3 Å². The van der Waals surface area contributed by atoms with Gasteiger partial charge in [0.2, 0.25) is 5.91 Å². The number of nitrogens with zero attached hydrogens (tertiary/aromatic N) is 1. The van der Waals surface area contributed by atoms with Gasteiger partial charge in [-0.3, -0.25) is 9.69 Å². The van der Waals surface area contributed by atoms with Crippen LogP contribution in [0.15, 0.2) is 34.3 Å². The average Bonchev–Trinajstić information content (AvgIpc) is 3.07. The minimum atomic E-state index is 0.0510. The molecule has 3 heterocycles. The van der Waals surface area contributed by atoms with Crippen molar-refractivity contribution in [2.45, 2.75) is 19.5 Å². The quantitative estimate of drug-likeness (QED) is 0.929. The Hall–Kier alpha value is -1.59. The predicted octanol–water partition coefficient (Wildman–Crippen LogP) is 2.02. The first-order valence-electron chi connectivity index (χ1n) is 6.38. The summed E-state index contributed by atoms with van der Waals surface area (Å²) in [5, 5.41) is 5.01. The highest BCUT2D eigenvalue weighted by molar-refractivity contribution is 7.10. The van der Waals surface area contributed by atoms with Gasteiger partial charge in [-0.2, -0.15) is 0 Å². The number of nitrogens with one attached hydrogen (secondary N) is 1. The molecule has 0 aliphatic carbocycles. The highest BCUT2D eigenvalue weighted by Gasteiger charge is 2.19. The van der Waals surface area contributed by atoms with Gasteiger partial charge in [0, 0.05) is 18.0 Å². The molecule has 4 nitrogen and oxygen atoms in total. The Morgan fingerprint density at radius 3 is 3.26 bits per heavy atom. The van der Waals surface area contributed by atoms with Gasteiger partial charge in [-0.1, -0.05) is 0 Å². The van der Waals surface area contributed by atoms with E-state index in [-0.39, 0.29) is 5.91 Å². The van der Waals surface area contributed by atoms with Crippen molar-refractivity contribution in [1.29, 1.82) is 0 Å². The van der Waals surface area contributed by atoms with Crippen LogP contribution in [0.25, 0.3) is 0 Å². The minimum absolute atomic E-state index is 0.0510. The Morgan fingerprint density at radius 2 is 2.42 bits per heavy atom. The maximum atomic E-state index is 11.9. The predicted molar refractivity (Wildman–Crippen MR) is 73.9 cm³/mol. The van der Waals surface area contributed by atoms with Gasteiger partial charge >= 0.3 is 0 Å². The van der Waals surface area contributed by atoms with Crippen molar-refractivity contribution in [1.82, 2.24) is 10.2 Å². The lowest BCUT2D eigenvalue weighted by atomic mass is 10.1. The van der Waals surface area contributed by atoms with E-state index in [2.05, 4.69) is 21.7 Å². The lowest BCUT2D eigenvalue weighted by Crippen LogP contribution is -2.39. The topological polar surface area (TPSA) is 45.5 Å². The zero-order valence-corrected chi connectivity index (χ0v) is 11.4. The van der Waals surface area contributed by atoms with Crippen LogP contribution in [0.1, 0.15) is 16.2 Å². The highest BCUT2D eigenvalue weighted by Crippen LogP contribution is 2.23. The summed E-state index contributed by atoms with van der Waals surface area (Å²) in [4.78, 5) is 15.5. The van der Waals surface area contributed by atoms with E-state index in [1.807, 2.05) is 23.5 Å². The third-order valence-electron chi connectivity index (χ3n) is 3.29. The van der Waals surface area contributed by atoms with E-state index < -0.39 is 0 Å². The summed E-state index contributed by atoms with van der Waals surface area (Å²) in [7, 11) is 0. The highest BCUT2D eigenvalue weighted by atomic mass is 32.1. The van der Waals surface area contributed by atoms with Crippen molar-refractivity contribution in [2.75, 3.05) is 13.1 Å². The summed E-state index contributed by atoms with van der Waals surface area (Å²) in [6, 6.07) is 5.84. The van der Waals surface area contributed by atoms with E-state index >= 15 is 0 Å². The van der Waals surface area contributed by atoms with Crippen molar-refractivity contribution in [3.05, 3.63) is 46.0 Å². The van der Waals surface area contributed by atoms with Crippen molar-refractivity contribution in [3.63, 3.8) is 0 Å². The molecule has 0 spiro atoms. The number of hydrogen-bond acceptors (Lipinski definition) is 4. The van der Waals surface area contributed by atoms with Crippen LogP contribution in [-0.4, -0.2) is 23.9 Å². The van der Waals surface area contributed by atoms with E-state index in [9.17, 15) is 4.79 Å². The zero-order chi connectivity index (χ0) is 13.1. The third-order valence-corrected chi connectivity index (χ3v) is 4.32. The third kappa shape index (κ3) is 3.05. The second-order valence-electron chi connectivity index (χ2n) is 4.69. The second-order valence-corrected chi connectivity index (χ2v) is 5.69. The number of amides is 1. The zero-order valence-electron chi connectivity index (χ0n) is 10.6. The molecular weight excluding hydrogens is 260 g/mol. The molecule has 5 heteroatoms. The van der Waals surface area contributed by atoms with Crippen LogP contribution >= 0.6 is 11.3 Å². The van der Waals surface area contributed by atoms with Crippen LogP contribution in [-0.2, 0) is 24.3 Å². The largest absolute Gasteiger partial charge is 0.467 e. The summed E-state index contributed by atoms with van der Waals surface area (Å²) in [6.45, 7) is 2.76. The molecule has 1 N–H and O–H groups in total. The lowest BCUT2D eigenvalue weighted by molar-refractivity contribution is -0.122. The molecule has 0 unspecified atom stereocenters. The van der Waals surface area contributed by atoms with Crippen LogP contribution in [0.4, 0.5) is 0 Å². The Kier molecular flexibility index (Phi) is 3.66. The van der Waals surface area contributed by atoms with Gasteiger partial charge in [0.25, 0.3) is 0 Å². The van der Waals surface area contributed by atoms with Crippen molar-refractivity contribution >= 4 is 17.2 Å². The molecule has 2 aromatic rings. The lowest BCUT2D eigenvalue weighted by Gasteiger charge is -2.25. The number of hydrogen-bond donors (Lipinski definition) is 1. The first-order valence-corrected chi connectivity index (χ1v) is 7.26. The average molecular weight is 276 g/mol. The molecule has 0 fully saturated rings. The number of fused-ring (bicyclic) bond motifs is 1. The summed E-state index contributed by atoms with van der Waals surface area (Å²) < 4.78 is 5.18. The fourth-order valence-corrected chi connectivity index (χ4v) is 3.19. The number of carbonyl (C=O) groups excluding carboxylic acids is 1. The monoisotopic (exact) mass is 276 g/mol. The van der Waals surface area contributed by atoms with E-state index in [1.165, 1.54) is 10.4 Å². The Balaban J connectivity index is 1.48. The van der Waals surface area contributed by atoms with Crippen LogP contribution in [0.5, 0.6) is 0 Å². The van der Waals surface area contributed by atoms with Crippen LogP contribution in [0, 0.1) is 0 Å². The summed E-state index contributed by atoms with van der Waals surface area (Å²) in [5.74, 6) is 0.835. The molecule has 3 rings (SSSR count). The SMILES string of the molecule is O=C(CN1CCc2sccc2C1)NCc1ccco1. The van der Waals surface area contributed by atoms with E-state index in [4.69, 9.17) is 4.42 Å². The number of carbonyl (C=O) groups is 1. The van der Waals surface area contributed by atoms with E-state index in [0.29, 0.717) is 13.1 Å². The molecular formula is C14H16N2O2S. The molecule has 0 atom stereocenters. The molecule has 19 heavy (non-hydrogen) atoms. The minimum Gasteiger partial charge on any atom is -0.467 e. The molecule has 0 radical (unpaired) electrons. The van der Waals surface area contributed by atoms with Gasteiger partial charge in [0.1, 0.15) is 5.76 Å². The van der Waals surface area contributed by atoms with Crippen molar-refractivity contribution in [2.24, 2.45) is 0 Å². The fourth-order valence-electron chi connectivity index (χ4n) is 2.30. The fraction of sp³-hybridized carbons (Fsp3) is 0.357. The molecule has 1 aliphatic heterocycles. The maximum Gasteiger partial charge on any atom is 0.234 e. The summed E-state index contributed by atoms with van der Waals surface area (Å²) in [5.41, 5.74) is 1.37. The molecule has 100 valence electrons. The van der Waals surface area contributed by atoms with Gasteiger partial charge in [-0.15, -0.1) is 11.3 Å². The Labute approximate surface area is 116 Å². The smallest absolute Gasteiger partial charge is 0.234 e. The van der Waals surface area contributed by atoms with Crippen molar-refractivity contribution in [3.8, 4) is 0 Å². The van der Waals surface area contributed by atoms with Crippen LogP contribution in [0.3, 0.4) is 0 Å². The van der Waals surface area contributed by atoms with Gasteiger partial charge in [0.15, 0.2) is 0 Å². The van der Waals surface area contributed by atoms with Gasteiger partial charge in [0.05, 0.1) is 19.4 Å². The molecule has 1 aliphatic rings.